The molecule has 43 heavy (non-hydrogen) atoms. The van der Waals surface area contributed by atoms with Gasteiger partial charge in [-0.25, -0.2) is 4.85 Å². The highest BCUT2D eigenvalue weighted by Gasteiger charge is 2.33. The largest absolute Gasteiger partial charge is 0.446 e. The van der Waals surface area contributed by atoms with E-state index >= 15 is 0 Å². The van der Waals surface area contributed by atoms with Gasteiger partial charge in [-0.05, 0) is 42.2 Å². The number of benzene rings is 1. The molecule has 0 radical (unpaired) electrons. The van der Waals surface area contributed by atoms with Gasteiger partial charge in [0, 0.05) is 0 Å². The molecule has 0 spiro atoms. The molecule has 0 atom stereocenters. The number of anilines is 1. The van der Waals surface area contributed by atoms with Crippen LogP contribution in [0.1, 0.15) is 76.2 Å². The Balaban J connectivity index is 0.000000341. The van der Waals surface area contributed by atoms with Gasteiger partial charge in [0.15, 0.2) is 16.7 Å². The fourth-order valence-corrected chi connectivity index (χ4v) is 5.08. The number of carbonyl (C=O) groups is 3. The molecule has 3 rings (SSSR count). The molecule has 0 bridgehead atoms. The maximum atomic E-state index is 12.3. The predicted molar refractivity (Wildman–Crippen MR) is 181 cm³/mol. The van der Waals surface area contributed by atoms with Gasteiger partial charge < -0.3 is 4.74 Å². The van der Waals surface area contributed by atoms with Crippen LogP contribution in [0.2, 0.25) is 0 Å². The first-order chi connectivity index (χ1) is 19.7. The molecule has 0 aromatic heterocycles. The number of rotatable bonds is 4. The topological polar surface area (TPSA) is 83.6 Å². The number of ether oxygens (including phenoxy) is 1. The number of thiocarbonyl (C=S) groups is 1. The summed E-state index contributed by atoms with van der Waals surface area (Å²) in [6, 6.07) is 9.49. The predicted octanol–water partition coefficient (Wildman–Crippen LogP) is 8.14. The summed E-state index contributed by atoms with van der Waals surface area (Å²) in [5.74, 6) is -0.250. The van der Waals surface area contributed by atoms with Crippen molar-refractivity contribution in [3.8, 4) is 0 Å². The van der Waals surface area contributed by atoms with Crippen molar-refractivity contribution in [1.29, 1.82) is 0 Å². The highest BCUT2D eigenvalue weighted by atomic mass is 32.2. The lowest BCUT2D eigenvalue weighted by molar-refractivity contribution is -0.135. The summed E-state index contributed by atoms with van der Waals surface area (Å²) in [5, 5.41) is 5.80. The Hall–Kier alpha value is -3.55. The SMILES string of the molecule is CC(C)(C)/C=C1/SC(=S)N(COC=O)C1=O.CC1=NN(c2ccccc2)C(=O)/C1=C\C(C)(C)C.[C-]#[N+]/C(C)=C\C(C)(C)C. The number of hydrogen-bond acceptors (Lipinski definition) is 7. The van der Waals surface area contributed by atoms with Crippen LogP contribution in [-0.4, -0.2) is 39.9 Å². The number of carbonyl (C=O) groups excluding carboxylic acids is 3. The molecule has 10 heteroatoms. The number of thioether (sulfide) groups is 1. The van der Waals surface area contributed by atoms with Crippen LogP contribution in [0.5, 0.6) is 0 Å². The van der Waals surface area contributed by atoms with Crippen LogP contribution in [0.25, 0.3) is 4.85 Å². The highest BCUT2D eigenvalue weighted by Crippen LogP contribution is 2.34. The molecule has 2 aliphatic rings. The maximum Gasteiger partial charge on any atom is 0.294 e. The minimum Gasteiger partial charge on any atom is -0.446 e. The lowest BCUT2D eigenvalue weighted by Crippen LogP contribution is -2.30. The summed E-state index contributed by atoms with van der Waals surface area (Å²) in [7, 11) is 0. The fourth-order valence-electron chi connectivity index (χ4n) is 3.63. The third-order valence-electron chi connectivity index (χ3n) is 5.17. The van der Waals surface area contributed by atoms with Gasteiger partial charge in [0.1, 0.15) is 0 Å². The number of allylic oxidation sites excluding steroid dienone is 4. The zero-order valence-electron chi connectivity index (χ0n) is 27.1. The summed E-state index contributed by atoms with van der Waals surface area (Å²) in [5.41, 5.74) is 3.09. The number of hydrazone groups is 1. The average molecular weight is 625 g/mol. The van der Waals surface area contributed by atoms with E-state index in [2.05, 4.69) is 56.2 Å². The summed E-state index contributed by atoms with van der Waals surface area (Å²) >= 11 is 6.26. The zero-order valence-corrected chi connectivity index (χ0v) is 28.8. The standard InChI is InChI=1S/C15H18N2O.C10H13NO3S2.C8H13N/c1-11-13(10-15(2,3)4)14(18)17(16-11)12-8-6-5-7-9-12;1-10(2,3)4-7-8(13)11(5-14-6-12)9(15)16-7;1-7(9-5)6-8(2,3)4/h5-10H,1-4H3;4,6H,5H2,1-3H3;6H,1-4H3/b13-10-;7-4+;7-6-. The van der Waals surface area contributed by atoms with E-state index in [0.717, 1.165) is 17.1 Å². The first kappa shape index (κ1) is 37.5. The van der Waals surface area contributed by atoms with E-state index in [-0.39, 0.29) is 34.8 Å². The lowest BCUT2D eigenvalue weighted by atomic mass is 9.92. The van der Waals surface area contributed by atoms with E-state index in [1.54, 1.807) is 0 Å². The first-order valence-corrected chi connectivity index (χ1v) is 15.0. The average Bonchev–Trinajstić information content (AvgIpc) is 3.29. The van der Waals surface area contributed by atoms with Crippen molar-refractivity contribution in [3.05, 3.63) is 76.2 Å². The Kier molecular flexibility index (Phi) is 13.8. The quantitative estimate of drug-likeness (QED) is 0.146. The first-order valence-electron chi connectivity index (χ1n) is 13.8. The Morgan fingerprint density at radius 2 is 1.53 bits per heavy atom. The maximum absolute atomic E-state index is 12.3. The van der Waals surface area contributed by atoms with E-state index < -0.39 is 0 Å². The second kappa shape index (κ2) is 15.8. The highest BCUT2D eigenvalue weighted by molar-refractivity contribution is 8.26. The normalized spacial score (nSPS) is 17.7. The van der Waals surface area contributed by atoms with E-state index in [4.69, 9.17) is 18.8 Å². The summed E-state index contributed by atoms with van der Waals surface area (Å²) in [4.78, 5) is 39.4. The van der Waals surface area contributed by atoms with E-state index in [1.807, 2.05) is 83.2 Å². The van der Waals surface area contributed by atoms with Crippen LogP contribution in [0.3, 0.4) is 0 Å². The molecule has 1 saturated heterocycles. The zero-order chi connectivity index (χ0) is 33.2. The van der Waals surface area contributed by atoms with Gasteiger partial charge in [-0.15, -0.1) is 0 Å². The van der Waals surface area contributed by atoms with Gasteiger partial charge in [-0.1, -0.05) is 123 Å². The molecule has 1 aromatic rings. The van der Waals surface area contributed by atoms with Gasteiger partial charge in [-0.2, -0.15) is 10.1 Å². The molecule has 2 aliphatic heterocycles. The second-order valence-electron chi connectivity index (χ2n) is 13.2. The summed E-state index contributed by atoms with van der Waals surface area (Å²) in [6.07, 6.45) is 5.82. The van der Waals surface area contributed by atoms with Crippen molar-refractivity contribution in [2.75, 3.05) is 11.7 Å². The van der Waals surface area contributed by atoms with Crippen LogP contribution >= 0.6 is 24.0 Å². The van der Waals surface area contributed by atoms with Crippen LogP contribution in [0, 0.1) is 22.8 Å². The van der Waals surface area contributed by atoms with Gasteiger partial charge in [0.2, 0.25) is 0 Å². The number of nitrogens with zero attached hydrogens (tertiary/aromatic N) is 4. The minimum absolute atomic E-state index is 0.0333. The molecule has 1 aromatic carbocycles. The molecular weight excluding hydrogens is 581 g/mol. The molecule has 0 N–H and O–H groups in total. The van der Waals surface area contributed by atoms with E-state index in [9.17, 15) is 14.4 Å². The Morgan fingerprint density at radius 3 is 1.98 bits per heavy atom. The summed E-state index contributed by atoms with van der Waals surface area (Å²) in [6.45, 7) is 29.0. The third kappa shape index (κ3) is 13.5. The van der Waals surface area contributed by atoms with Gasteiger partial charge in [0.25, 0.3) is 18.3 Å². The van der Waals surface area contributed by atoms with Crippen molar-refractivity contribution in [3.63, 3.8) is 0 Å². The third-order valence-corrected chi connectivity index (χ3v) is 6.55. The molecule has 0 saturated carbocycles. The molecule has 0 aliphatic carbocycles. The minimum atomic E-state index is -0.202. The lowest BCUT2D eigenvalue weighted by Gasteiger charge is -2.14. The van der Waals surface area contributed by atoms with Crippen molar-refractivity contribution < 1.29 is 19.1 Å². The molecule has 8 nitrogen and oxygen atoms in total. The van der Waals surface area contributed by atoms with Crippen molar-refractivity contribution in [2.45, 2.75) is 76.2 Å². The Morgan fingerprint density at radius 1 is 0.977 bits per heavy atom. The van der Waals surface area contributed by atoms with Crippen LogP contribution in [0.4, 0.5) is 5.69 Å². The van der Waals surface area contributed by atoms with Crippen molar-refractivity contribution >= 4 is 58.0 Å². The molecular formula is C33H44N4O4S2. The molecule has 0 unspecified atom stereocenters. The fraction of sp³-hybridized carbons (Fsp3) is 0.455. The Bertz CT molecular complexity index is 1350. The van der Waals surface area contributed by atoms with Gasteiger partial charge in [0.05, 0.1) is 28.4 Å². The molecule has 1 fully saturated rings. The molecule has 232 valence electrons. The van der Waals surface area contributed by atoms with E-state index in [0.29, 0.717) is 21.3 Å². The second-order valence-corrected chi connectivity index (χ2v) is 14.9. The monoisotopic (exact) mass is 624 g/mol. The van der Waals surface area contributed by atoms with Crippen LogP contribution in [-0.2, 0) is 19.1 Å². The van der Waals surface area contributed by atoms with Crippen LogP contribution < -0.4 is 5.01 Å². The number of amides is 2. The summed E-state index contributed by atoms with van der Waals surface area (Å²) < 4.78 is 4.95. The molecule has 2 heterocycles. The smallest absolute Gasteiger partial charge is 0.294 e. The number of para-hydroxylation sites is 1. The van der Waals surface area contributed by atoms with Crippen molar-refractivity contribution in [2.24, 2.45) is 21.3 Å². The van der Waals surface area contributed by atoms with Crippen molar-refractivity contribution in [1.82, 2.24) is 4.90 Å². The molecule has 2 amide bonds. The Labute approximate surface area is 266 Å². The number of hydrogen-bond donors (Lipinski definition) is 0. The van der Waals surface area contributed by atoms with Gasteiger partial charge in [-0.3, -0.25) is 19.3 Å². The van der Waals surface area contributed by atoms with Crippen LogP contribution in [0.15, 0.2) is 69.8 Å². The van der Waals surface area contributed by atoms with E-state index in [1.165, 1.54) is 21.7 Å². The van der Waals surface area contributed by atoms with Gasteiger partial charge >= 0.3 is 0 Å².